The fourth-order valence-corrected chi connectivity index (χ4v) is 3.60. The summed E-state index contributed by atoms with van der Waals surface area (Å²) in [5.41, 5.74) is 2.37. The lowest BCUT2D eigenvalue weighted by atomic mass is 9.85. The van der Waals surface area contributed by atoms with Gasteiger partial charge < -0.3 is 5.11 Å². The fourth-order valence-electron chi connectivity index (χ4n) is 2.37. The smallest absolute Gasteiger partial charge is 0.0708 e. The first kappa shape index (κ1) is 12.0. The van der Waals surface area contributed by atoms with Crippen LogP contribution in [0, 0.1) is 6.92 Å². The Bertz CT molecular complexity index is 392. The molecule has 0 aromatic heterocycles. The van der Waals surface area contributed by atoms with Gasteiger partial charge in [-0.3, -0.25) is 4.90 Å². The van der Waals surface area contributed by atoms with E-state index in [1.165, 1.54) is 16.0 Å². The van der Waals surface area contributed by atoms with Crippen LogP contribution < -0.4 is 0 Å². The van der Waals surface area contributed by atoms with E-state index in [9.17, 15) is 5.11 Å². The van der Waals surface area contributed by atoms with Gasteiger partial charge in [0.05, 0.1) is 12.1 Å². The summed E-state index contributed by atoms with van der Waals surface area (Å²) in [4.78, 5) is 3.48. The first-order chi connectivity index (χ1) is 7.60. The lowest BCUT2D eigenvalue weighted by Gasteiger charge is -2.42. The first-order valence-electron chi connectivity index (χ1n) is 5.62. The molecule has 0 spiro atoms. The number of aliphatic hydroxyl groups is 1. The molecule has 0 saturated heterocycles. The van der Waals surface area contributed by atoms with Gasteiger partial charge in [-0.1, -0.05) is 17.7 Å². The Balaban J connectivity index is 2.56. The summed E-state index contributed by atoms with van der Waals surface area (Å²) in [5, 5.41) is 9.80. The molecule has 1 aromatic rings. The molecule has 16 heavy (non-hydrogen) atoms. The second-order valence-corrected chi connectivity index (χ2v) is 5.82. The van der Waals surface area contributed by atoms with Gasteiger partial charge in [-0.15, -0.1) is 11.8 Å². The Kier molecular flexibility index (Phi) is 3.29. The molecule has 2 nitrogen and oxygen atoms in total. The lowest BCUT2D eigenvalue weighted by molar-refractivity contribution is 0.0595. The summed E-state index contributed by atoms with van der Waals surface area (Å²) in [6.45, 7) is 2.30. The van der Waals surface area contributed by atoms with Crippen LogP contribution in [-0.4, -0.2) is 36.5 Å². The first-order valence-corrected chi connectivity index (χ1v) is 6.61. The monoisotopic (exact) mass is 237 g/mol. The normalized spacial score (nSPS) is 24.6. The molecule has 1 aromatic carbocycles. The van der Waals surface area contributed by atoms with Crippen molar-refractivity contribution in [2.75, 3.05) is 26.5 Å². The van der Waals surface area contributed by atoms with Crippen LogP contribution in [0.15, 0.2) is 23.1 Å². The van der Waals surface area contributed by atoms with Crippen molar-refractivity contribution in [3.8, 4) is 0 Å². The second kappa shape index (κ2) is 4.40. The molecule has 1 unspecified atom stereocenters. The SMILES string of the molecule is Cc1ccc2c(c1)C(CO)(N(C)C)CCS2. The van der Waals surface area contributed by atoms with Crippen LogP contribution in [0.3, 0.4) is 0 Å². The van der Waals surface area contributed by atoms with Crippen molar-refractivity contribution in [3.05, 3.63) is 29.3 Å². The van der Waals surface area contributed by atoms with Crippen LogP contribution in [0.4, 0.5) is 0 Å². The molecule has 1 N–H and O–H groups in total. The maximum atomic E-state index is 9.80. The molecule has 3 heteroatoms. The highest BCUT2D eigenvalue weighted by Crippen LogP contribution is 2.43. The molecule has 0 saturated carbocycles. The minimum Gasteiger partial charge on any atom is -0.394 e. The molecule has 0 amide bonds. The molecule has 0 bridgehead atoms. The third-order valence-electron chi connectivity index (χ3n) is 3.53. The van der Waals surface area contributed by atoms with Gasteiger partial charge in [-0.2, -0.15) is 0 Å². The van der Waals surface area contributed by atoms with Crippen LogP contribution in [0.1, 0.15) is 17.5 Å². The van der Waals surface area contributed by atoms with E-state index >= 15 is 0 Å². The molecule has 1 atom stereocenters. The van der Waals surface area contributed by atoms with Crippen molar-refractivity contribution in [2.24, 2.45) is 0 Å². The van der Waals surface area contributed by atoms with Gasteiger partial charge in [-0.25, -0.2) is 0 Å². The van der Waals surface area contributed by atoms with Crippen LogP contribution in [0.5, 0.6) is 0 Å². The fraction of sp³-hybridized carbons (Fsp3) is 0.538. The summed E-state index contributed by atoms with van der Waals surface area (Å²) in [6, 6.07) is 6.55. The van der Waals surface area contributed by atoms with E-state index in [0.29, 0.717) is 0 Å². The van der Waals surface area contributed by atoms with E-state index in [2.05, 4.69) is 44.1 Å². The quantitative estimate of drug-likeness (QED) is 0.853. The molecule has 1 heterocycles. The third-order valence-corrected chi connectivity index (χ3v) is 4.60. The summed E-state index contributed by atoms with van der Waals surface area (Å²) in [6.07, 6.45) is 1.01. The number of thioether (sulfide) groups is 1. The Labute approximate surface area is 102 Å². The standard InChI is InChI=1S/C13H19NOS/c1-10-4-5-12-11(8-10)13(9-15,14(2)3)6-7-16-12/h4-5,8,15H,6-7,9H2,1-3H3. The van der Waals surface area contributed by atoms with Crippen molar-refractivity contribution in [2.45, 2.75) is 23.8 Å². The Morgan fingerprint density at radius 2 is 2.19 bits per heavy atom. The minimum atomic E-state index is -0.188. The van der Waals surface area contributed by atoms with E-state index in [1.807, 2.05) is 11.8 Å². The number of hydrogen-bond donors (Lipinski definition) is 1. The number of aliphatic hydroxyl groups excluding tert-OH is 1. The number of likely N-dealkylation sites (N-methyl/N-ethyl adjacent to an activating group) is 1. The molecular weight excluding hydrogens is 218 g/mol. The minimum absolute atomic E-state index is 0.188. The lowest BCUT2D eigenvalue weighted by Crippen LogP contribution is -2.47. The highest BCUT2D eigenvalue weighted by molar-refractivity contribution is 7.99. The summed E-state index contributed by atoms with van der Waals surface area (Å²) in [7, 11) is 4.11. The van der Waals surface area contributed by atoms with Gasteiger partial charge in [0.25, 0.3) is 0 Å². The molecule has 0 radical (unpaired) electrons. The van der Waals surface area contributed by atoms with Crippen LogP contribution in [0.25, 0.3) is 0 Å². The van der Waals surface area contributed by atoms with E-state index in [4.69, 9.17) is 0 Å². The average Bonchev–Trinajstić information content (AvgIpc) is 2.27. The topological polar surface area (TPSA) is 23.5 Å². The van der Waals surface area contributed by atoms with Gasteiger partial charge in [0.15, 0.2) is 0 Å². The zero-order valence-corrected chi connectivity index (χ0v) is 11.0. The number of hydrogen-bond acceptors (Lipinski definition) is 3. The van der Waals surface area contributed by atoms with Crippen molar-refractivity contribution in [1.82, 2.24) is 4.90 Å². The molecule has 2 rings (SSSR count). The Hall–Kier alpha value is -0.510. The highest BCUT2D eigenvalue weighted by Gasteiger charge is 2.38. The highest BCUT2D eigenvalue weighted by atomic mass is 32.2. The van der Waals surface area contributed by atoms with Gasteiger partial charge >= 0.3 is 0 Å². The Morgan fingerprint density at radius 3 is 2.81 bits per heavy atom. The third kappa shape index (κ3) is 1.77. The summed E-state index contributed by atoms with van der Waals surface area (Å²) < 4.78 is 0. The Morgan fingerprint density at radius 1 is 1.44 bits per heavy atom. The molecule has 0 fully saturated rings. The predicted octanol–water partition coefficient (Wildman–Crippen LogP) is 2.24. The van der Waals surface area contributed by atoms with Crippen LogP contribution in [-0.2, 0) is 5.54 Å². The maximum Gasteiger partial charge on any atom is 0.0708 e. The average molecular weight is 237 g/mol. The number of rotatable bonds is 2. The van der Waals surface area contributed by atoms with Gasteiger partial charge in [0, 0.05) is 10.6 Å². The van der Waals surface area contributed by atoms with Crippen molar-refractivity contribution in [3.63, 3.8) is 0 Å². The zero-order chi connectivity index (χ0) is 11.8. The van der Waals surface area contributed by atoms with Crippen molar-refractivity contribution < 1.29 is 5.11 Å². The van der Waals surface area contributed by atoms with Gasteiger partial charge in [0.2, 0.25) is 0 Å². The number of aryl methyl sites for hydroxylation is 1. The largest absolute Gasteiger partial charge is 0.394 e. The van der Waals surface area contributed by atoms with E-state index in [1.54, 1.807) is 0 Å². The molecule has 88 valence electrons. The zero-order valence-electron chi connectivity index (χ0n) is 10.2. The second-order valence-electron chi connectivity index (χ2n) is 4.68. The molecule has 1 aliphatic heterocycles. The summed E-state index contributed by atoms with van der Waals surface area (Å²) in [5.74, 6) is 1.08. The van der Waals surface area contributed by atoms with Gasteiger partial charge in [-0.05, 0) is 39.1 Å². The van der Waals surface area contributed by atoms with Crippen LogP contribution >= 0.6 is 11.8 Å². The van der Waals surface area contributed by atoms with Crippen LogP contribution in [0.2, 0.25) is 0 Å². The van der Waals surface area contributed by atoms with Gasteiger partial charge in [0.1, 0.15) is 0 Å². The summed E-state index contributed by atoms with van der Waals surface area (Å²) >= 11 is 1.89. The molecular formula is C13H19NOS. The van der Waals surface area contributed by atoms with E-state index in [0.717, 1.165) is 12.2 Å². The molecule has 1 aliphatic rings. The van der Waals surface area contributed by atoms with Crippen molar-refractivity contribution >= 4 is 11.8 Å². The molecule has 0 aliphatic carbocycles. The maximum absolute atomic E-state index is 9.80. The van der Waals surface area contributed by atoms with E-state index < -0.39 is 0 Å². The van der Waals surface area contributed by atoms with E-state index in [-0.39, 0.29) is 12.1 Å². The number of benzene rings is 1. The number of nitrogens with zero attached hydrogens (tertiary/aromatic N) is 1. The number of fused-ring (bicyclic) bond motifs is 1. The predicted molar refractivity (Wildman–Crippen MR) is 69.0 cm³/mol. The van der Waals surface area contributed by atoms with Crippen molar-refractivity contribution in [1.29, 1.82) is 0 Å².